The number of methoxy groups -OCH3 is 1. The third kappa shape index (κ3) is 2.68. The van der Waals surface area contributed by atoms with Crippen molar-refractivity contribution in [1.29, 1.82) is 0 Å². The van der Waals surface area contributed by atoms with Gasteiger partial charge < -0.3 is 10.5 Å². The van der Waals surface area contributed by atoms with Gasteiger partial charge in [0.2, 0.25) is 0 Å². The maximum absolute atomic E-state index is 6.25. The summed E-state index contributed by atoms with van der Waals surface area (Å²) in [5.74, 6) is 0.878. The van der Waals surface area contributed by atoms with Gasteiger partial charge in [0.15, 0.2) is 0 Å². The van der Waals surface area contributed by atoms with Crippen molar-refractivity contribution >= 4 is 11.5 Å². The summed E-state index contributed by atoms with van der Waals surface area (Å²) >= 11 is 1.39. The number of rotatable bonds is 5. The van der Waals surface area contributed by atoms with E-state index < -0.39 is 0 Å². The van der Waals surface area contributed by atoms with Crippen LogP contribution in [0.1, 0.15) is 29.1 Å². The minimum Gasteiger partial charge on any atom is -0.496 e. The number of nitrogens with two attached hydrogens (primary N) is 1. The van der Waals surface area contributed by atoms with Gasteiger partial charge in [-0.2, -0.15) is 0 Å². The molecule has 5 heteroatoms. The van der Waals surface area contributed by atoms with Crippen molar-refractivity contribution in [1.82, 2.24) is 9.59 Å². The maximum atomic E-state index is 6.25. The van der Waals surface area contributed by atoms with Gasteiger partial charge in [-0.3, -0.25) is 0 Å². The molecule has 1 heterocycles. The van der Waals surface area contributed by atoms with Crippen molar-refractivity contribution in [3.63, 3.8) is 0 Å². The molecule has 96 valence electrons. The number of hydrogen-bond acceptors (Lipinski definition) is 5. The van der Waals surface area contributed by atoms with Crippen molar-refractivity contribution in [2.24, 2.45) is 5.73 Å². The minimum absolute atomic E-state index is 0.0729. The molecule has 1 atom stereocenters. The van der Waals surface area contributed by atoms with Crippen LogP contribution >= 0.6 is 11.5 Å². The van der Waals surface area contributed by atoms with E-state index in [1.807, 2.05) is 24.3 Å². The van der Waals surface area contributed by atoms with E-state index in [1.54, 1.807) is 7.11 Å². The molecule has 0 amide bonds. The van der Waals surface area contributed by atoms with E-state index in [0.717, 1.165) is 34.7 Å². The Kier molecular flexibility index (Phi) is 4.28. The molecule has 4 nitrogen and oxygen atoms in total. The molecule has 0 bridgehead atoms. The Morgan fingerprint density at radius 3 is 2.89 bits per heavy atom. The molecule has 0 spiro atoms. The number of ether oxygens (including phenoxy) is 1. The molecule has 2 rings (SSSR count). The number of aryl methyl sites for hydroxylation is 1. The first-order valence-corrected chi connectivity index (χ1v) is 6.72. The Bertz CT molecular complexity index is 512. The smallest absolute Gasteiger partial charge is 0.122 e. The molecule has 1 unspecified atom stereocenters. The second-order valence-electron chi connectivity index (χ2n) is 4.06. The molecule has 1 aromatic heterocycles. The van der Waals surface area contributed by atoms with Crippen LogP contribution in [-0.2, 0) is 12.8 Å². The molecular weight excluding hydrogens is 246 g/mol. The summed E-state index contributed by atoms with van der Waals surface area (Å²) in [7, 11) is 1.68. The lowest BCUT2D eigenvalue weighted by Crippen LogP contribution is -2.14. The predicted octanol–water partition coefficient (Wildman–Crippen LogP) is 2.35. The monoisotopic (exact) mass is 263 g/mol. The standard InChI is InChI=1S/C13H17N3OS/c1-3-11-13(18-16-15-11)10(14)8-9-6-4-5-7-12(9)17-2/h4-7,10H,3,8,14H2,1-2H3. The number of para-hydroxylation sites is 1. The molecule has 2 aromatic rings. The van der Waals surface area contributed by atoms with Crippen LogP contribution in [0.3, 0.4) is 0 Å². The van der Waals surface area contributed by atoms with Crippen LogP contribution in [0.25, 0.3) is 0 Å². The second kappa shape index (κ2) is 5.93. The van der Waals surface area contributed by atoms with Crippen LogP contribution in [0.15, 0.2) is 24.3 Å². The average Bonchev–Trinajstić information content (AvgIpc) is 2.87. The number of aromatic nitrogens is 2. The first-order valence-electron chi connectivity index (χ1n) is 5.94. The summed E-state index contributed by atoms with van der Waals surface area (Å²) in [4.78, 5) is 1.07. The van der Waals surface area contributed by atoms with Gasteiger partial charge in [-0.05, 0) is 36.0 Å². The summed E-state index contributed by atoms with van der Waals surface area (Å²) < 4.78 is 9.32. The first kappa shape index (κ1) is 13.0. The Hall–Kier alpha value is -1.46. The summed E-state index contributed by atoms with van der Waals surface area (Å²) in [6.07, 6.45) is 1.60. The van der Waals surface area contributed by atoms with Crippen molar-refractivity contribution < 1.29 is 4.74 Å². The van der Waals surface area contributed by atoms with Crippen molar-refractivity contribution in [2.45, 2.75) is 25.8 Å². The molecule has 1 aromatic carbocycles. The third-order valence-electron chi connectivity index (χ3n) is 2.89. The molecule has 0 aliphatic carbocycles. The van der Waals surface area contributed by atoms with E-state index in [-0.39, 0.29) is 6.04 Å². The summed E-state index contributed by atoms with van der Waals surface area (Å²) in [5.41, 5.74) is 8.36. The highest BCUT2D eigenvalue weighted by Crippen LogP contribution is 2.26. The molecule has 18 heavy (non-hydrogen) atoms. The van der Waals surface area contributed by atoms with Crippen LogP contribution in [0, 0.1) is 0 Å². The molecule has 0 aliphatic heterocycles. The number of nitrogens with zero attached hydrogens (tertiary/aromatic N) is 2. The van der Waals surface area contributed by atoms with Crippen molar-refractivity contribution in [3.8, 4) is 5.75 Å². The van der Waals surface area contributed by atoms with Gasteiger partial charge in [0.25, 0.3) is 0 Å². The topological polar surface area (TPSA) is 61.0 Å². The van der Waals surface area contributed by atoms with Crippen LogP contribution in [0.5, 0.6) is 5.75 Å². The zero-order valence-corrected chi connectivity index (χ0v) is 11.4. The maximum Gasteiger partial charge on any atom is 0.122 e. The summed E-state index contributed by atoms with van der Waals surface area (Å²) in [6, 6.07) is 7.87. The Labute approximate surface area is 111 Å². The van der Waals surface area contributed by atoms with Crippen molar-refractivity contribution in [3.05, 3.63) is 40.4 Å². The van der Waals surface area contributed by atoms with Gasteiger partial charge in [-0.15, -0.1) is 5.10 Å². The highest BCUT2D eigenvalue weighted by Gasteiger charge is 2.16. The van der Waals surface area contributed by atoms with Gasteiger partial charge >= 0.3 is 0 Å². The first-order chi connectivity index (χ1) is 8.76. The highest BCUT2D eigenvalue weighted by atomic mass is 32.1. The second-order valence-corrected chi connectivity index (χ2v) is 4.85. The lowest BCUT2D eigenvalue weighted by Gasteiger charge is -2.13. The number of hydrogen-bond donors (Lipinski definition) is 1. The van der Waals surface area contributed by atoms with Crippen LogP contribution in [0.4, 0.5) is 0 Å². The Morgan fingerprint density at radius 1 is 1.39 bits per heavy atom. The van der Waals surface area contributed by atoms with Gasteiger partial charge in [-0.1, -0.05) is 29.6 Å². The van der Waals surface area contributed by atoms with E-state index >= 15 is 0 Å². The highest BCUT2D eigenvalue weighted by molar-refractivity contribution is 7.05. The summed E-state index contributed by atoms with van der Waals surface area (Å²) in [6.45, 7) is 2.07. The van der Waals surface area contributed by atoms with Crippen LogP contribution < -0.4 is 10.5 Å². The van der Waals surface area contributed by atoms with Gasteiger partial charge in [0.1, 0.15) is 5.75 Å². The van der Waals surface area contributed by atoms with Crippen LogP contribution in [0.2, 0.25) is 0 Å². The Morgan fingerprint density at radius 2 is 2.17 bits per heavy atom. The lowest BCUT2D eigenvalue weighted by atomic mass is 10.0. The van der Waals surface area contributed by atoms with E-state index in [2.05, 4.69) is 16.5 Å². The largest absolute Gasteiger partial charge is 0.496 e. The average molecular weight is 263 g/mol. The van der Waals surface area contributed by atoms with E-state index in [9.17, 15) is 0 Å². The molecular formula is C13H17N3OS. The van der Waals surface area contributed by atoms with E-state index in [4.69, 9.17) is 10.5 Å². The SMILES string of the molecule is CCc1nnsc1C(N)Cc1ccccc1OC. The minimum atomic E-state index is -0.0729. The molecule has 0 saturated heterocycles. The lowest BCUT2D eigenvalue weighted by molar-refractivity contribution is 0.408. The Balaban J connectivity index is 2.18. The fourth-order valence-corrected chi connectivity index (χ4v) is 2.68. The molecule has 0 saturated carbocycles. The van der Waals surface area contributed by atoms with E-state index in [0.29, 0.717) is 0 Å². The normalized spacial score (nSPS) is 12.4. The molecule has 2 N–H and O–H groups in total. The molecule has 0 radical (unpaired) electrons. The van der Waals surface area contributed by atoms with Gasteiger partial charge in [0, 0.05) is 6.04 Å². The molecule has 0 aliphatic rings. The summed E-state index contributed by atoms with van der Waals surface area (Å²) in [5, 5.41) is 4.10. The fraction of sp³-hybridized carbons (Fsp3) is 0.385. The predicted molar refractivity (Wildman–Crippen MR) is 72.9 cm³/mol. The van der Waals surface area contributed by atoms with Crippen molar-refractivity contribution in [2.75, 3.05) is 7.11 Å². The van der Waals surface area contributed by atoms with Gasteiger partial charge in [0.05, 0.1) is 17.7 Å². The molecule has 0 fully saturated rings. The zero-order chi connectivity index (χ0) is 13.0. The van der Waals surface area contributed by atoms with E-state index in [1.165, 1.54) is 11.5 Å². The van der Waals surface area contributed by atoms with Crippen LogP contribution in [-0.4, -0.2) is 16.7 Å². The number of benzene rings is 1. The zero-order valence-electron chi connectivity index (χ0n) is 10.6. The third-order valence-corrected chi connectivity index (χ3v) is 3.79. The quantitative estimate of drug-likeness (QED) is 0.899. The van der Waals surface area contributed by atoms with Gasteiger partial charge in [-0.25, -0.2) is 0 Å². The fourth-order valence-electron chi connectivity index (χ4n) is 1.94.